The van der Waals surface area contributed by atoms with Crippen LogP contribution in [0.25, 0.3) is 0 Å². The lowest BCUT2D eigenvalue weighted by Crippen LogP contribution is -2.09. The van der Waals surface area contributed by atoms with Crippen molar-refractivity contribution in [3.05, 3.63) is 49.1 Å². The molecule has 0 fully saturated rings. The summed E-state index contributed by atoms with van der Waals surface area (Å²) in [6.07, 6.45) is 10.8. The molecule has 1 atom stereocenters. The van der Waals surface area contributed by atoms with Crippen LogP contribution < -0.4 is 0 Å². The van der Waals surface area contributed by atoms with Crippen LogP contribution in [0.5, 0.6) is 0 Å². The molecule has 2 heteroatoms. The second kappa shape index (κ2) is 12.5. The molecule has 0 aromatic heterocycles. The topological polar surface area (TPSA) is 37.3 Å². The van der Waals surface area contributed by atoms with Crippen molar-refractivity contribution in [1.82, 2.24) is 0 Å². The molecule has 17 heavy (non-hydrogen) atoms. The largest absolute Gasteiger partial charge is 0.481 e. The van der Waals surface area contributed by atoms with E-state index in [0.717, 1.165) is 12.0 Å². The normalized spacial score (nSPS) is 12.5. The molecule has 0 aromatic rings. The molecule has 0 saturated carbocycles. The first kappa shape index (κ1) is 17.8. The zero-order chi connectivity index (χ0) is 13.7. The third kappa shape index (κ3) is 12.4. The highest BCUT2D eigenvalue weighted by Gasteiger charge is 2.09. The van der Waals surface area contributed by atoms with E-state index < -0.39 is 5.97 Å². The minimum atomic E-state index is -0.729. The Morgan fingerprint density at radius 1 is 1.35 bits per heavy atom. The van der Waals surface area contributed by atoms with Gasteiger partial charge in [-0.25, -0.2) is 0 Å². The van der Waals surface area contributed by atoms with Gasteiger partial charge >= 0.3 is 5.97 Å². The third-order valence-corrected chi connectivity index (χ3v) is 2.10. The van der Waals surface area contributed by atoms with Crippen LogP contribution >= 0.6 is 0 Å². The molecule has 0 aliphatic rings. The van der Waals surface area contributed by atoms with E-state index >= 15 is 0 Å². The molecule has 96 valence electrons. The Bertz CT molecular complexity index is 285. The van der Waals surface area contributed by atoms with Crippen LogP contribution in [0.15, 0.2) is 49.1 Å². The second-order valence-corrected chi connectivity index (χ2v) is 3.64. The molecule has 0 aliphatic carbocycles. The standard InChI is InChI=1S/C12H18O2.C3H6/c1-4-6-7-11(5-2)9-8-10(3)12(13)14;1-3-2/h4-7,10H,1,8-9H2,2-3H3,(H,13,14);3H,1H2,2H3/b7-6-,11-5+;. The number of carboxylic acid groups (broad SMARTS) is 1. The highest BCUT2D eigenvalue weighted by molar-refractivity contribution is 5.69. The zero-order valence-electron chi connectivity index (χ0n) is 11.1. The van der Waals surface area contributed by atoms with Crippen LogP contribution in [-0.2, 0) is 4.79 Å². The lowest BCUT2D eigenvalue weighted by Gasteiger charge is -2.05. The molecular formula is C15H24O2. The van der Waals surface area contributed by atoms with Crippen LogP contribution in [-0.4, -0.2) is 11.1 Å². The van der Waals surface area contributed by atoms with Crippen molar-refractivity contribution in [3.8, 4) is 0 Å². The number of carbonyl (C=O) groups is 1. The fourth-order valence-corrected chi connectivity index (χ4v) is 1.02. The molecule has 0 heterocycles. The molecule has 0 amide bonds. The van der Waals surface area contributed by atoms with Crippen LogP contribution in [0.3, 0.4) is 0 Å². The number of hydrogen-bond donors (Lipinski definition) is 1. The van der Waals surface area contributed by atoms with E-state index in [-0.39, 0.29) is 5.92 Å². The van der Waals surface area contributed by atoms with E-state index in [1.807, 2.05) is 32.1 Å². The fourth-order valence-electron chi connectivity index (χ4n) is 1.02. The summed E-state index contributed by atoms with van der Waals surface area (Å²) in [4.78, 5) is 10.6. The summed E-state index contributed by atoms with van der Waals surface area (Å²) >= 11 is 0. The Labute approximate surface area is 105 Å². The lowest BCUT2D eigenvalue weighted by molar-refractivity contribution is -0.141. The monoisotopic (exact) mass is 236 g/mol. The van der Waals surface area contributed by atoms with Gasteiger partial charge in [0.2, 0.25) is 0 Å². The maximum absolute atomic E-state index is 10.6. The van der Waals surface area contributed by atoms with E-state index in [2.05, 4.69) is 13.2 Å². The summed E-state index contributed by atoms with van der Waals surface area (Å²) in [5.74, 6) is -1.00. The Balaban J connectivity index is 0. The SMILES string of the molecule is C=C/C=C\C(=C/C)CCC(C)C(=O)O.C=CC. The zero-order valence-corrected chi connectivity index (χ0v) is 11.1. The molecule has 0 aromatic carbocycles. The van der Waals surface area contributed by atoms with Crippen molar-refractivity contribution in [2.24, 2.45) is 5.92 Å². The Morgan fingerprint density at radius 3 is 2.24 bits per heavy atom. The maximum Gasteiger partial charge on any atom is 0.306 e. The Hall–Kier alpha value is -1.57. The first-order valence-corrected chi connectivity index (χ1v) is 5.77. The predicted molar refractivity (Wildman–Crippen MR) is 75.0 cm³/mol. The Kier molecular flexibility index (Phi) is 13.1. The number of carboxylic acids is 1. The van der Waals surface area contributed by atoms with Crippen molar-refractivity contribution in [3.63, 3.8) is 0 Å². The lowest BCUT2D eigenvalue weighted by atomic mass is 10.0. The first-order chi connectivity index (χ1) is 8.03. The first-order valence-electron chi connectivity index (χ1n) is 5.77. The minimum Gasteiger partial charge on any atom is -0.481 e. The van der Waals surface area contributed by atoms with Crippen LogP contribution in [0.4, 0.5) is 0 Å². The summed E-state index contributed by atoms with van der Waals surface area (Å²) in [6.45, 7) is 12.5. The smallest absolute Gasteiger partial charge is 0.306 e. The highest BCUT2D eigenvalue weighted by Crippen LogP contribution is 2.13. The fraction of sp³-hybridized carbons (Fsp3) is 0.400. The summed E-state index contributed by atoms with van der Waals surface area (Å²) in [7, 11) is 0. The molecule has 1 unspecified atom stereocenters. The van der Waals surface area contributed by atoms with Crippen molar-refractivity contribution >= 4 is 5.97 Å². The summed E-state index contributed by atoms with van der Waals surface area (Å²) < 4.78 is 0. The van der Waals surface area contributed by atoms with Gasteiger partial charge in [0.25, 0.3) is 0 Å². The predicted octanol–water partition coefficient (Wildman–Crippen LogP) is 4.37. The number of aliphatic carboxylic acids is 1. The van der Waals surface area contributed by atoms with Crippen LogP contribution in [0, 0.1) is 5.92 Å². The van der Waals surface area contributed by atoms with Gasteiger partial charge in [-0.05, 0) is 26.7 Å². The van der Waals surface area contributed by atoms with Gasteiger partial charge in [-0.2, -0.15) is 0 Å². The van der Waals surface area contributed by atoms with Crippen LogP contribution in [0.2, 0.25) is 0 Å². The van der Waals surface area contributed by atoms with Gasteiger partial charge in [0.15, 0.2) is 0 Å². The summed E-state index contributed by atoms with van der Waals surface area (Å²) in [5.41, 5.74) is 1.15. The molecule has 0 radical (unpaired) electrons. The second-order valence-electron chi connectivity index (χ2n) is 3.64. The van der Waals surface area contributed by atoms with Gasteiger partial charge in [0, 0.05) is 0 Å². The van der Waals surface area contributed by atoms with E-state index in [9.17, 15) is 4.79 Å². The van der Waals surface area contributed by atoms with Gasteiger partial charge in [-0.3, -0.25) is 4.79 Å². The van der Waals surface area contributed by atoms with Gasteiger partial charge < -0.3 is 5.11 Å². The molecule has 0 spiro atoms. The van der Waals surface area contributed by atoms with E-state index in [0.29, 0.717) is 6.42 Å². The van der Waals surface area contributed by atoms with Crippen molar-refractivity contribution in [2.75, 3.05) is 0 Å². The Morgan fingerprint density at radius 2 is 1.88 bits per heavy atom. The number of allylic oxidation sites excluding steroid dienone is 6. The van der Waals surface area contributed by atoms with E-state index in [1.54, 1.807) is 19.1 Å². The molecule has 0 bridgehead atoms. The van der Waals surface area contributed by atoms with Crippen molar-refractivity contribution in [1.29, 1.82) is 0 Å². The molecule has 0 rings (SSSR count). The van der Waals surface area contributed by atoms with Gasteiger partial charge in [0.1, 0.15) is 0 Å². The van der Waals surface area contributed by atoms with Gasteiger partial charge in [0.05, 0.1) is 5.92 Å². The van der Waals surface area contributed by atoms with Crippen molar-refractivity contribution in [2.45, 2.75) is 33.6 Å². The van der Waals surface area contributed by atoms with Gasteiger partial charge in [-0.15, -0.1) is 6.58 Å². The van der Waals surface area contributed by atoms with E-state index in [4.69, 9.17) is 5.11 Å². The quantitative estimate of drug-likeness (QED) is 0.549. The average molecular weight is 236 g/mol. The van der Waals surface area contributed by atoms with Crippen molar-refractivity contribution < 1.29 is 9.90 Å². The van der Waals surface area contributed by atoms with E-state index in [1.165, 1.54) is 0 Å². The number of hydrogen-bond acceptors (Lipinski definition) is 1. The number of rotatable bonds is 6. The minimum absolute atomic E-state index is 0.276. The average Bonchev–Trinajstić information content (AvgIpc) is 2.30. The van der Waals surface area contributed by atoms with Gasteiger partial charge in [-0.1, -0.05) is 49.5 Å². The molecule has 2 nitrogen and oxygen atoms in total. The molecular weight excluding hydrogens is 212 g/mol. The third-order valence-electron chi connectivity index (χ3n) is 2.10. The summed E-state index contributed by atoms with van der Waals surface area (Å²) in [5, 5.41) is 8.69. The molecule has 1 N–H and O–H groups in total. The van der Waals surface area contributed by atoms with Crippen LogP contribution in [0.1, 0.15) is 33.6 Å². The summed E-state index contributed by atoms with van der Waals surface area (Å²) in [6, 6.07) is 0. The highest BCUT2D eigenvalue weighted by atomic mass is 16.4. The molecule has 0 aliphatic heterocycles. The molecule has 0 saturated heterocycles. The maximum atomic E-state index is 10.6.